The standard InChI is InChI=1S/C6H8N2O2/c1-2-4(7)5-3-6(9)8-10-5/h2-3H,7H2,1H3,(H,8,9)/b4-2-. The van der Waals surface area contributed by atoms with Gasteiger partial charge in [0.1, 0.15) is 0 Å². The Kier molecular flexibility index (Phi) is 1.62. The van der Waals surface area contributed by atoms with Crippen LogP contribution in [0.4, 0.5) is 0 Å². The van der Waals surface area contributed by atoms with Crippen molar-refractivity contribution in [3.63, 3.8) is 0 Å². The Labute approximate surface area is 57.9 Å². The number of hydrogen-bond donors (Lipinski definition) is 2. The lowest BCUT2D eigenvalue weighted by Crippen LogP contribution is -1.92. The quantitative estimate of drug-likeness (QED) is 0.602. The average Bonchev–Trinajstić information content (AvgIpc) is 2.34. The van der Waals surface area contributed by atoms with E-state index in [-0.39, 0.29) is 5.88 Å². The van der Waals surface area contributed by atoms with E-state index in [2.05, 4.69) is 9.68 Å². The van der Waals surface area contributed by atoms with Crippen LogP contribution in [0.25, 0.3) is 5.70 Å². The van der Waals surface area contributed by atoms with Crippen LogP contribution in [0.5, 0.6) is 5.88 Å². The molecule has 0 aliphatic rings. The van der Waals surface area contributed by atoms with Gasteiger partial charge in [0, 0.05) is 0 Å². The summed E-state index contributed by atoms with van der Waals surface area (Å²) in [4.78, 5) is 0. The Morgan fingerprint density at radius 1 is 1.90 bits per heavy atom. The zero-order valence-electron chi connectivity index (χ0n) is 5.53. The van der Waals surface area contributed by atoms with E-state index in [1.54, 1.807) is 13.0 Å². The maximum Gasteiger partial charge on any atom is 0.252 e. The lowest BCUT2D eigenvalue weighted by Gasteiger charge is -1.88. The smallest absolute Gasteiger partial charge is 0.252 e. The predicted octanol–water partition coefficient (Wildman–Crippen LogP) is 0.700. The molecule has 0 aliphatic heterocycles. The number of nitrogens with two attached hydrogens (primary N) is 1. The van der Waals surface area contributed by atoms with Crippen LogP contribution in [0, 0.1) is 0 Å². The van der Waals surface area contributed by atoms with Crippen molar-refractivity contribution in [2.24, 2.45) is 5.73 Å². The normalized spacial score (nSPS) is 11.9. The number of aromatic hydroxyl groups is 1. The van der Waals surface area contributed by atoms with Gasteiger partial charge >= 0.3 is 0 Å². The molecule has 0 saturated carbocycles. The minimum Gasteiger partial charge on any atom is -0.491 e. The van der Waals surface area contributed by atoms with Gasteiger partial charge in [-0.1, -0.05) is 6.08 Å². The monoisotopic (exact) mass is 140 g/mol. The highest BCUT2D eigenvalue weighted by atomic mass is 16.5. The fraction of sp³-hybridized carbons (Fsp3) is 0.167. The van der Waals surface area contributed by atoms with Gasteiger partial charge in [-0.3, -0.25) is 0 Å². The van der Waals surface area contributed by atoms with E-state index >= 15 is 0 Å². The summed E-state index contributed by atoms with van der Waals surface area (Å²) in [6, 6.07) is 1.36. The second-order valence-corrected chi connectivity index (χ2v) is 1.79. The summed E-state index contributed by atoms with van der Waals surface area (Å²) in [5.41, 5.74) is 5.89. The van der Waals surface area contributed by atoms with E-state index < -0.39 is 0 Å². The first-order chi connectivity index (χ1) is 4.74. The Bertz CT molecular complexity index is 252. The van der Waals surface area contributed by atoms with Crippen LogP contribution in [-0.2, 0) is 0 Å². The average molecular weight is 140 g/mol. The lowest BCUT2D eigenvalue weighted by molar-refractivity contribution is 0.355. The Morgan fingerprint density at radius 2 is 2.60 bits per heavy atom. The molecule has 0 bridgehead atoms. The van der Waals surface area contributed by atoms with E-state index in [4.69, 9.17) is 10.8 Å². The summed E-state index contributed by atoms with van der Waals surface area (Å²) in [7, 11) is 0. The molecule has 0 spiro atoms. The minimum absolute atomic E-state index is 0.153. The van der Waals surface area contributed by atoms with Crippen molar-refractivity contribution in [1.29, 1.82) is 0 Å². The van der Waals surface area contributed by atoms with E-state index in [0.29, 0.717) is 11.5 Å². The summed E-state index contributed by atoms with van der Waals surface area (Å²) in [6.45, 7) is 1.77. The molecule has 10 heavy (non-hydrogen) atoms. The van der Waals surface area contributed by atoms with Gasteiger partial charge in [0.25, 0.3) is 5.88 Å². The Hall–Kier alpha value is -1.45. The summed E-state index contributed by atoms with van der Waals surface area (Å²) in [5, 5.41) is 12.0. The highest BCUT2D eigenvalue weighted by molar-refractivity contribution is 5.57. The largest absolute Gasteiger partial charge is 0.491 e. The van der Waals surface area contributed by atoms with Crippen LogP contribution >= 0.6 is 0 Å². The molecular weight excluding hydrogens is 132 g/mol. The number of hydrogen-bond acceptors (Lipinski definition) is 4. The first-order valence-electron chi connectivity index (χ1n) is 2.82. The molecule has 0 atom stereocenters. The zero-order chi connectivity index (χ0) is 7.56. The molecular formula is C6H8N2O2. The third-order valence-electron chi connectivity index (χ3n) is 1.09. The van der Waals surface area contributed by atoms with Crippen molar-refractivity contribution in [1.82, 2.24) is 5.16 Å². The summed E-state index contributed by atoms with van der Waals surface area (Å²) < 4.78 is 4.62. The molecule has 0 unspecified atom stereocenters. The topological polar surface area (TPSA) is 72.3 Å². The molecule has 4 nitrogen and oxygen atoms in total. The van der Waals surface area contributed by atoms with Crippen LogP contribution in [0.1, 0.15) is 12.7 Å². The van der Waals surface area contributed by atoms with Gasteiger partial charge in [0.05, 0.1) is 11.8 Å². The van der Waals surface area contributed by atoms with Crippen LogP contribution in [0.3, 0.4) is 0 Å². The molecule has 1 aromatic rings. The number of aromatic nitrogens is 1. The SMILES string of the molecule is C/C=C(\N)c1cc(O)no1. The Balaban J connectivity index is 2.95. The van der Waals surface area contributed by atoms with Crippen LogP contribution in [0.2, 0.25) is 0 Å². The van der Waals surface area contributed by atoms with E-state index in [0.717, 1.165) is 0 Å². The predicted molar refractivity (Wildman–Crippen MR) is 36.0 cm³/mol. The lowest BCUT2D eigenvalue weighted by atomic mass is 10.3. The second-order valence-electron chi connectivity index (χ2n) is 1.79. The molecule has 0 saturated heterocycles. The summed E-state index contributed by atoms with van der Waals surface area (Å²) in [5.74, 6) is 0.236. The first-order valence-corrected chi connectivity index (χ1v) is 2.82. The Morgan fingerprint density at radius 3 is 3.00 bits per heavy atom. The van der Waals surface area contributed by atoms with Crippen LogP contribution in [0.15, 0.2) is 16.7 Å². The van der Waals surface area contributed by atoms with Gasteiger partial charge in [-0.2, -0.15) is 0 Å². The molecule has 1 aromatic heterocycles. The van der Waals surface area contributed by atoms with Crippen LogP contribution < -0.4 is 5.73 Å². The molecule has 3 N–H and O–H groups in total. The van der Waals surface area contributed by atoms with Crippen molar-refractivity contribution in [3.8, 4) is 5.88 Å². The second kappa shape index (κ2) is 2.43. The maximum atomic E-state index is 8.71. The highest BCUT2D eigenvalue weighted by Crippen LogP contribution is 2.13. The van der Waals surface area contributed by atoms with Gasteiger partial charge < -0.3 is 15.4 Å². The van der Waals surface area contributed by atoms with Gasteiger partial charge in [-0.05, 0) is 12.1 Å². The third kappa shape index (κ3) is 1.10. The summed E-state index contributed by atoms with van der Waals surface area (Å²) in [6.07, 6.45) is 1.67. The molecule has 0 aromatic carbocycles. The first kappa shape index (κ1) is 6.67. The highest BCUT2D eigenvalue weighted by Gasteiger charge is 2.02. The van der Waals surface area contributed by atoms with Crippen molar-refractivity contribution in [2.45, 2.75) is 6.92 Å². The fourth-order valence-electron chi connectivity index (χ4n) is 0.544. The molecule has 0 radical (unpaired) electrons. The van der Waals surface area contributed by atoms with Crippen molar-refractivity contribution in [2.75, 3.05) is 0 Å². The van der Waals surface area contributed by atoms with Gasteiger partial charge in [0.15, 0.2) is 5.76 Å². The zero-order valence-corrected chi connectivity index (χ0v) is 5.53. The summed E-state index contributed by atoms with van der Waals surface area (Å²) >= 11 is 0. The van der Waals surface area contributed by atoms with Crippen molar-refractivity contribution in [3.05, 3.63) is 17.9 Å². The van der Waals surface area contributed by atoms with E-state index in [1.165, 1.54) is 6.07 Å². The van der Waals surface area contributed by atoms with Crippen LogP contribution in [-0.4, -0.2) is 10.3 Å². The molecule has 0 fully saturated rings. The molecule has 4 heteroatoms. The number of nitrogens with zero attached hydrogens (tertiary/aromatic N) is 1. The van der Waals surface area contributed by atoms with E-state index in [9.17, 15) is 0 Å². The van der Waals surface area contributed by atoms with Crippen molar-refractivity contribution >= 4 is 5.70 Å². The van der Waals surface area contributed by atoms with E-state index in [1.807, 2.05) is 0 Å². The molecule has 0 amide bonds. The molecule has 54 valence electrons. The number of allylic oxidation sites excluding steroid dienone is 1. The molecule has 1 heterocycles. The fourth-order valence-corrected chi connectivity index (χ4v) is 0.544. The molecule has 0 aliphatic carbocycles. The maximum absolute atomic E-state index is 8.71. The van der Waals surface area contributed by atoms with Gasteiger partial charge in [-0.25, -0.2) is 0 Å². The van der Waals surface area contributed by atoms with Gasteiger partial charge in [0.2, 0.25) is 0 Å². The minimum atomic E-state index is -0.153. The number of rotatable bonds is 1. The third-order valence-corrected chi connectivity index (χ3v) is 1.09. The van der Waals surface area contributed by atoms with Gasteiger partial charge in [-0.15, -0.1) is 0 Å². The molecule has 1 rings (SSSR count). The van der Waals surface area contributed by atoms with Crippen molar-refractivity contribution < 1.29 is 9.63 Å².